The monoisotopic (exact) mass is 395 g/mol. The maximum atomic E-state index is 13.0. The van der Waals surface area contributed by atoms with Crippen molar-refractivity contribution in [2.24, 2.45) is 0 Å². The number of ether oxygens (including phenoxy) is 1. The Labute approximate surface area is 171 Å². The van der Waals surface area contributed by atoms with E-state index in [9.17, 15) is 9.90 Å². The first-order valence-corrected chi connectivity index (χ1v) is 10.0. The summed E-state index contributed by atoms with van der Waals surface area (Å²) in [5.74, 6) is 0.825. The molecule has 154 valence electrons. The number of nitrogens with zero attached hydrogens (tertiary/aromatic N) is 1. The maximum absolute atomic E-state index is 13.0. The molecule has 0 unspecified atom stereocenters. The molecule has 29 heavy (non-hydrogen) atoms. The molecule has 1 aromatic heterocycles. The van der Waals surface area contributed by atoms with E-state index in [2.05, 4.69) is 39.5 Å². The highest BCUT2D eigenvalue weighted by Gasteiger charge is 2.17. The van der Waals surface area contributed by atoms with Gasteiger partial charge in [-0.3, -0.25) is 9.69 Å². The van der Waals surface area contributed by atoms with E-state index in [0.29, 0.717) is 28.8 Å². The number of aromatic hydroxyl groups is 1. The highest BCUT2D eigenvalue weighted by molar-refractivity contribution is 5.83. The van der Waals surface area contributed by atoms with Crippen molar-refractivity contribution in [2.75, 3.05) is 13.1 Å². The van der Waals surface area contributed by atoms with Gasteiger partial charge in [0.25, 0.3) is 0 Å². The third-order valence-electron chi connectivity index (χ3n) is 5.21. The van der Waals surface area contributed by atoms with Crippen molar-refractivity contribution < 1.29 is 14.3 Å². The Balaban J connectivity index is 1.96. The van der Waals surface area contributed by atoms with E-state index in [1.165, 1.54) is 11.8 Å². The largest absolute Gasteiger partial charge is 0.507 e. The number of hydrogen-bond acceptors (Lipinski definition) is 5. The van der Waals surface area contributed by atoms with Crippen LogP contribution in [0.15, 0.2) is 51.9 Å². The molecular weight excluding hydrogens is 366 g/mol. The Morgan fingerprint density at radius 1 is 1.03 bits per heavy atom. The minimum atomic E-state index is -0.257. The van der Waals surface area contributed by atoms with Gasteiger partial charge in [0.15, 0.2) is 0 Å². The summed E-state index contributed by atoms with van der Waals surface area (Å²) < 4.78 is 11.6. The van der Waals surface area contributed by atoms with Gasteiger partial charge in [0, 0.05) is 6.54 Å². The van der Waals surface area contributed by atoms with Crippen molar-refractivity contribution in [3.8, 4) is 17.2 Å². The van der Waals surface area contributed by atoms with Gasteiger partial charge in [-0.05, 0) is 48.3 Å². The van der Waals surface area contributed by atoms with Gasteiger partial charge in [-0.15, -0.1) is 0 Å². The predicted octanol–water partition coefficient (Wildman–Crippen LogP) is 5.43. The quantitative estimate of drug-likeness (QED) is 0.603. The van der Waals surface area contributed by atoms with Crippen LogP contribution in [0, 0.1) is 0 Å². The Kier molecular flexibility index (Phi) is 5.99. The molecule has 2 aromatic carbocycles. The SMILES string of the molecule is CCN(CC)Cc1c(O)ccc2c(=O)c(Oc3ccc(C(C)(C)C)cc3)coc12. The third-order valence-corrected chi connectivity index (χ3v) is 5.21. The van der Waals surface area contributed by atoms with E-state index < -0.39 is 0 Å². The number of phenolic OH excluding ortho intramolecular Hbond substituents is 1. The highest BCUT2D eigenvalue weighted by Crippen LogP contribution is 2.30. The molecule has 0 aliphatic carbocycles. The number of fused-ring (bicyclic) bond motifs is 1. The molecule has 1 heterocycles. The lowest BCUT2D eigenvalue weighted by atomic mass is 9.87. The van der Waals surface area contributed by atoms with Crippen molar-refractivity contribution in [3.63, 3.8) is 0 Å². The minimum Gasteiger partial charge on any atom is -0.507 e. The van der Waals surface area contributed by atoms with Gasteiger partial charge in [0.05, 0.1) is 10.9 Å². The van der Waals surface area contributed by atoms with E-state index in [1.54, 1.807) is 12.1 Å². The van der Waals surface area contributed by atoms with Crippen molar-refractivity contribution in [3.05, 3.63) is 64.0 Å². The lowest BCUT2D eigenvalue weighted by molar-refractivity contribution is 0.290. The molecule has 0 radical (unpaired) electrons. The zero-order valence-corrected chi connectivity index (χ0v) is 17.8. The molecule has 0 aliphatic heterocycles. The molecule has 1 N–H and O–H groups in total. The molecule has 0 saturated carbocycles. The summed E-state index contributed by atoms with van der Waals surface area (Å²) in [6.07, 6.45) is 1.33. The summed E-state index contributed by atoms with van der Waals surface area (Å²) in [5.41, 5.74) is 1.99. The zero-order chi connectivity index (χ0) is 21.2. The summed E-state index contributed by atoms with van der Waals surface area (Å²) in [6, 6.07) is 10.8. The van der Waals surface area contributed by atoms with Gasteiger partial charge in [-0.2, -0.15) is 0 Å². The van der Waals surface area contributed by atoms with Crippen LogP contribution in [0.5, 0.6) is 17.2 Å². The van der Waals surface area contributed by atoms with Crippen LogP contribution in [0.2, 0.25) is 0 Å². The van der Waals surface area contributed by atoms with Gasteiger partial charge in [-0.1, -0.05) is 46.8 Å². The molecule has 0 spiro atoms. The second kappa shape index (κ2) is 8.29. The molecule has 5 heteroatoms. The van der Waals surface area contributed by atoms with Crippen molar-refractivity contribution in [1.82, 2.24) is 4.90 Å². The molecule has 0 saturated heterocycles. The molecule has 5 nitrogen and oxygen atoms in total. The fourth-order valence-corrected chi connectivity index (χ4v) is 3.27. The van der Waals surface area contributed by atoms with E-state index in [-0.39, 0.29) is 22.3 Å². The number of phenols is 1. The molecule has 0 fully saturated rings. The maximum Gasteiger partial charge on any atom is 0.235 e. The molecule has 0 amide bonds. The smallest absolute Gasteiger partial charge is 0.235 e. The van der Waals surface area contributed by atoms with Crippen molar-refractivity contribution >= 4 is 11.0 Å². The fraction of sp³-hybridized carbons (Fsp3) is 0.375. The van der Waals surface area contributed by atoms with Crippen LogP contribution < -0.4 is 10.2 Å². The van der Waals surface area contributed by atoms with E-state index in [4.69, 9.17) is 9.15 Å². The van der Waals surface area contributed by atoms with Crippen LogP contribution in [0.25, 0.3) is 11.0 Å². The summed E-state index contributed by atoms with van der Waals surface area (Å²) in [5, 5.41) is 10.7. The molecule has 3 rings (SSSR count). The first kappa shape index (κ1) is 20.9. The highest BCUT2D eigenvalue weighted by atomic mass is 16.5. The second-order valence-corrected chi connectivity index (χ2v) is 8.21. The van der Waals surface area contributed by atoms with Crippen LogP contribution in [-0.4, -0.2) is 23.1 Å². The normalized spacial score (nSPS) is 11.9. The first-order valence-electron chi connectivity index (χ1n) is 10.0. The summed E-state index contributed by atoms with van der Waals surface area (Å²) >= 11 is 0. The van der Waals surface area contributed by atoms with E-state index in [0.717, 1.165) is 13.1 Å². The summed E-state index contributed by atoms with van der Waals surface area (Å²) in [4.78, 5) is 15.1. The molecular formula is C24H29NO4. The number of rotatable bonds is 6. The van der Waals surface area contributed by atoms with Crippen LogP contribution in [-0.2, 0) is 12.0 Å². The van der Waals surface area contributed by atoms with Crippen LogP contribution in [0.3, 0.4) is 0 Å². The lowest BCUT2D eigenvalue weighted by Crippen LogP contribution is -2.22. The van der Waals surface area contributed by atoms with E-state index in [1.807, 2.05) is 24.3 Å². The Morgan fingerprint density at radius 3 is 2.28 bits per heavy atom. The van der Waals surface area contributed by atoms with Crippen molar-refractivity contribution in [2.45, 2.75) is 46.6 Å². The Hall–Kier alpha value is -2.79. The second-order valence-electron chi connectivity index (χ2n) is 8.21. The minimum absolute atomic E-state index is 0.0454. The van der Waals surface area contributed by atoms with Crippen LogP contribution in [0.4, 0.5) is 0 Å². The number of hydrogen-bond donors (Lipinski definition) is 1. The first-order chi connectivity index (χ1) is 13.7. The van der Waals surface area contributed by atoms with Crippen molar-refractivity contribution in [1.29, 1.82) is 0 Å². The summed E-state index contributed by atoms with van der Waals surface area (Å²) in [7, 11) is 0. The molecule has 0 bridgehead atoms. The Morgan fingerprint density at radius 2 is 1.69 bits per heavy atom. The van der Waals surface area contributed by atoms with Crippen LogP contribution in [0.1, 0.15) is 45.7 Å². The van der Waals surface area contributed by atoms with Gasteiger partial charge in [0.1, 0.15) is 23.3 Å². The fourth-order valence-electron chi connectivity index (χ4n) is 3.27. The summed E-state index contributed by atoms with van der Waals surface area (Å²) in [6.45, 7) is 12.7. The topological polar surface area (TPSA) is 62.9 Å². The molecule has 0 aliphatic rings. The predicted molar refractivity (Wildman–Crippen MR) is 116 cm³/mol. The molecule has 0 atom stereocenters. The average molecular weight is 395 g/mol. The van der Waals surface area contributed by atoms with Gasteiger partial charge >= 0.3 is 0 Å². The standard InChI is InChI=1S/C24H29NO4/c1-6-25(7-2)14-19-20(26)13-12-18-22(27)21(15-28-23(18)19)29-17-10-8-16(9-11-17)24(3,4)5/h8-13,15,26H,6-7,14H2,1-5H3. The van der Waals surface area contributed by atoms with Gasteiger partial charge < -0.3 is 14.3 Å². The number of benzene rings is 2. The van der Waals surface area contributed by atoms with Gasteiger partial charge in [-0.25, -0.2) is 0 Å². The van der Waals surface area contributed by atoms with E-state index >= 15 is 0 Å². The average Bonchev–Trinajstić information content (AvgIpc) is 2.69. The zero-order valence-electron chi connectivity index (χ0n) is 17.8. The lowest BCUT2D eigenvalue weighted by Gasteiger charge is -2.19. The third kappa shape index (κ3) is 4.46. The van der Waals surface area contributed by atoms with Gasteiger partial charge in [0.2, 0.25) is 11.2 Å². The molecule has 3 aromatic rings. The van der Waals surface area contributed by atoms with Crippen LogP contribution >= 0.6 is 0 Å². The Bertz CT molecular complexity index is 1040.